The van der Waals surface area contributed by atoms with Crippen LogP contribution in [0.4, 0.5) is 0 Å². The van der Waals surface area contributed by atoms with Gasteiger partial charge in [0.25, 0.3) is 0 Å². The third kappa shape index (κ3) is 10.9. The average molecular weight is 88.1 g/mol. The average Bonchev–Trinajstić information content (AvgIpc) is 1.38. The molecule has 0 saturated heterocycles. The van der Waals surface area contributed by atoms with Crippen LogP contribution >= 0.6 is 0 Å². The van der Waals surface area contributed by atoms with Crippen molar-refractivity contribution in [2.24, 2.45) is 0 Å². The van der Waals surface area contributed by atoms with E-state index in [1.54, 1.807) is 6.08 Å². The molecule has 35 valence electrons. The molecular formula is C3H6NO2. The first-order valence-electron chi connectivity index (χ1n) is 1.03. The zero-order chi connectivity index (χ0) is 4.28. The summed E-state index contributed by atoms with van der Waals surface area (Å²) in [7, 11) is 0. The number of carboxylic acids is 1. The normalized spacial score (nSPS) is 5.33. The Morgan fingerprint density at radius 3 is 2.00 bits per heavy atom. The van der Waals surface area contributed by atoms with E-state index in [-0.39, 0.29) is 6.15 Å². The van der Waals surface area contributed by atoms with Gasteiger partial charge in [0.2, 0.25) is 0 Å². The summed E-state index contributed by atoms with van der Waals surface area (Å²) in [5.74, 6) is -1.11. The van der Waals surface area contributed by atoms with Crippen LogP contribution in [0.5, 0.6) is 0 Å². The van der Waals surface area contributed by atoms with Gasteiger partial charge in [0.05, 0.1) is 6.08 Å². The molecule has 0 heterocycles. The molecule has 0 spiro atoms. The summed E-state index contributed by atoms with van der Waals surface area (Å²) >= 11 is 0. The fraction of sp³-hybridized carbons (Fsp3) is 0. The Kier molecular flexibility index (Phi) is 6.22. The van der Waals surface area contributed by atoms with Gasteiger partial charge in [-0.2, -0.15) is 0 Å². The minimum Gasteiger partial charge on any atom is -0.478 e. The first-order chi connectivity index (χ1) is 2.27. The molecule has 0 aromatic carbocycles. The molecule has 1 radical (unpaired) electrons. The number of hydrogen-bond donors (Lipinski definition) is 2. The summed E-state index contributed by atoms with van der Waals surface area (Å²) < 4.78 is 0. The highest BCUT2D eigenvalue weighted by Crippen LogP contribution is 1.52. The van der Waals surface area contributed by atoms with Gasteiger partial charge in [-0.15, -0.1) is 0 Å². The number of carbonyl (C=O) groups is 1. The van der Waals surface area contributed by atoms with Crippen molar-refractivity contribution in [1.82, 2.24) is 6.15 Å². The molecule has 0 aliphatic rings. The fourth-order valence-corrected chi connectivity index (χ4v) is 0. The summed E-state index contributed by atoms with van der Waals surface area (Å²) in [6, 6.07) is 0. The number of aliphatic carboxylic acids is 1. The minimum absolute atomic E-state index is 0. The Labute approximate surface area is 35.9 Å². The zero-order valence-electron chi connectivity index (χ0n) is 3.27. The van der Waals surface area contributed by atoms with Crippen molar-refractivity contribution in [1.29, 1.82) is 0 Å². The van der Waals surface area contributed by atoms with Crippen LogP contribution in [0.3, 0.4) is 0 Å². The smallest absolute Gasteiger partial charge is 0.335 e. The van der Waals surface area contributed by atoms with Crippen molar-refractivity contribution in [3.63, 3.8) is 0 Å². The van der Waals surface area contributed by atoms with Gasteiger partial charge >= 0.3 is 5.97 Å². The number of rotatable bonds is 1. The van der Waals surface area contributed by atoms with Crippen molar-refractivity contribution >= 4 is 5.97 Å². The molecule has 4 N–H and O–H groups in total. The maximum atomic E-state index is 9.19. The summed E-state index contributed by atoms with van der Waals surface area (Å²) in [6.45, 7) is 2.84. The third-order valence-corrected chi connectivity index (χ3v) is 0.151. The van der Waals surface area contributed by atoms with Gasteiger partial charge in [-0.25, -0.2) is 4.79 Å². The van der Waals surface area contributed by atoms with E-state index in [0.29, 0.717) is 0 Å². The van der Waals surface area contributed by atoms with E-state index in [1.165, 1.54) is 0 Å². The molecule has 0 fully saturated rings. The zero-order valence-corrected chi connectivity index (χ0v) is 3.27. The van der Waals surface area contributed by atoms with Crippen LogP contribution in [0.25, 0.3) is 0 Å². The lowest BCUT2D eigenvalue weighted by Gasteiger charge is -1.63. The van der Waals surface area contributed by atoms with Gasteiger partial charge in [-0.1, -0.05) is 6.58 Å². The molecule has 3 nitrogen and oxygen atoms in total. The van der Waals surface area contributed by atoms with E-state index < -0.39 is 5.97 Å². The second-order valence-corrected chi connectivity index (χ2v) is 0.482. The van der Waals surface area contributed by atoms with Gasteiger partial charge in [-0.05, 0) is 0 Å². The van der Waals surface area contributed by atoms with Crippen LogP contribution in [0.2, 0.25) is 0 Å². The van der Waals surface area contributed by atoms with Crippen molar-refractivity contribution in [2.45, 2.75) is 0 Å². The van der Waals surface area contributed by atoms with E-state index >= 15 is 0 Å². The highest BCUT2D eigenvalue weighted by atomic mass is 16.4. The minimum atomic E-state index is -1.11. The lowest BCUT2D eigenvalue weighted by molar-refractivity contribution is -0.132. The van der Waals surface area contributed by atoms with Crippen LogP contribution in [-0.4, -0.2) is 11.1 Å². The SMILES string of the molecule is C=[C]C(=O)O.N. The van der Waals surface area contributed by atoms with Gasteiger partial charge in [0.15, 0.2) is 0 Å². The lowest BCUT2D eigenvalue weighted by atomic mass is 10.7. The van der Waals surface area contributed by atoms with Crippen molar-refractivity contribution in [3.8, 4) is 0 Å². The lowest BCUT2D eigenvalue weighted by Crippen LogP contribution is -1.83. The van der Waals surface area contributed by atoms with E-state index in [9.17, 15) is 4.79 Å². The summed E-state index contributed by atoms with van der Waals surface area (Å²) in [5.41, 5.74) is 0. The molecule has 0 aliphatic carbocycles. The molecule has 0 atom stereocenters. The Morgan fingerprint density at radius 1 is 1.83 bits per heavy atom. The topological polar surface area (TPSA) is 72.3 Å². The molecule has 0 aromatic rings. The first kappa shape index (κ1) is 8.95. The standard InChI is InChI=1S/C3H3O2.H3N/c1-2-3(4)5;/h1H2,(H,4,5);1H3. The Hall–Kier alpha value is -0.830. The van der Waals surface area contributed by atoms with Crippen LogP contribution in [0, 0.1) is 6.08 Å². The molecule has 0 rings (SSSR count). The van der Waals surface area contributed by atoms with E-state index in [2.05, 4.69) is 6.58 Å². The second-order valence-electron chi connectivity index (χ2n) is 0.482. The Bertz CT molecular complexity index is 59.8. The van der Waals surface area contributed by atoms with Crippen molar-refractivity contribution in [3.05, 3.63) is 12.7 Å². The fourth-order valence-electron chi connectivity index (χ4n) is 0. The quantitative estimate of drug-likeness (QED) is 0.450. The van der Waals surface area contributed by atoms with Crippen LogP contribution < -0.4 is 6.15 Å². The maximum absolute atomic E-state index is 9.19. The highest BCUT2D eigenvalue weighted by molar-refractivity contribution is 5.74. The predicted molar refractivity (Wildman–Crippen MR) is 21.5 cm³/mol. The molecule has 0 aliphatic heterocycles. The molecule has 0 aromatic heterocycles. The number of hydrogen-bond acceptors (Lipinski definition) is 2. The van der Waals surface area contributed by atoms with Gasteiger partial charge < -0.3 is 11.3 Å². The van der Waals surface area contributed by atoms with Gasteiger partial charge in [-0.3, -0.25) is 0 Å². The van der Waals surface area contributed by atoms with Crippen LogP contribution in [0.1, 0.15) is 0 Å². The van der Waals surface area contributed by atoms with E-state index in [0.717, 1.165) is 0 Å². The summed E-state index contributed by atoms with van der Waals surface area (Å²) in [5, 5.41) is 7.55. The first-order valence-corrected chi connectivity index (χ1v) is 1.03. The van der Waals surface area contributed by atoms with Crippen LogP contribution in [0.15, 0.2) is 6.58 Å². The largest absolute Gasteiger partial charge is 0.478 e. The van der Waals surface area contributed by atoms with Crippen molar-refractivity contribution in [2.75, 3.05) is 0 Å². The maximum Gasteiger partial charge on any atom is 0.335 e. The molecule has 0 bridgehead atoms. The molecular weight excluding hydrogens is 82.0 g/mol. The molecule has 0 unspecified atom stereocenters. The predicted octanol–water partition coefficient (Wildman–Crippen LogP) is 0.222. The van der Waals surface area contributed by atoms with E-state index in [1.807, 2.05) is 0 Å². The van der Waals surface area contributed by atoms with Crippen molar-refractivity contribution < 1.29 is 9.90 Å². The highest BCUT2D eigenvalue weighted by Gasteiger charge is 1.75. The molecule has 0 saturated carbocycles. The Balaban J connectivity index is 0. The Morgan fingerprint density at radius 2 is 2.00 bits per heavy atom. The second kappa shape index (κ2) is 4.17. The van der Waals surface area contributed by atoms with Gasteiger partial charge in [0.1, 0.15) is 0 Å². The molecule has 3 heteroatoms. The van der Waals surface area contributed by atoms with Gasteiger partial charge in [0, 0.05) is 0 Å². The number of carboxylic acid groups (broad SMARTS) is 1. The summed E-state index contributed by atoms with van der Waals surface area (Å²) in [6.07, 6.45) is 1.69. The monoisotopic (exact) mass is 88.0 g/mol. The van der Waals surface area contributed by atoms with E-state index in [4.69, 9.17) is 5.11 Å². The van der Waals surface area contributed by atoms with Crippen LogP contribution in [-0.2, 0) is 4.79 Å². The summed E-state index contributed by atoms with van der Waals surface area (Å²) in [4.78, 5) is 9.19. The third-order valence-electron chi connectivity index (χ3n) is 0.151. The molecule has 0 amide bonds. The molecule has 6 heavy (non-hydrogen) atoms.